The second-order valence-electron chi connectivity index (χ2n) is 6.54. The molecule has 2 aromatic carbocycles. The zero-order valence-corrected chi connectivity index (χ0v) is 16.8. The zero-order chi connectivity index (χ0) is 19.4. The fourth-order valence-electron chi connectivity index (χ4n) is 3.17. The van der Waals surface area contributed by atoms with E-state index in [2.05, 4.69) is 10.2 Å². The molecule has 1 N–H and O–H groups in total. The molecule has 1 aliphatic rings. The third-order valence-corrected chi connectivity index (χ3v) is 5.51. The van der Waals surface area contributed by atoms with Crippen molar-refractivity contribution in [1.29, 1.82) is 0 Å². The number of hydrogen-bond acceptors (Lipinski definition) is 4. The third kappa shape index (κ3) is 4.86. The van der Waals surface area contributed by atoms with Gasteiger partial charge in [-0.15, -0.1) is 0 Å². The minimum Gasteiger partial charge on any atom is -0.497 e. The molecule has 1 heterocycles. The number of nitrogens with zero attached hydrogens (tertiary/aromatic N) is 1. The van der Waals surface area contributed by atoms with E-state index in [9.17, 15) is 4.79 Å². The van der Waals surface area contributed by atoms with Crippen LogP contribution in [-0.2, 0) is 4.74 Å². The molecule has 0 unspecified atom stereocenters. The Balaban J connectivity index is 1.77. The molecule has 3 rings (SSSR count). The van der Waals surface area contributed by atoms with Crippen molar-refractivity contribution < 1.29 is 14.3 Å². The summed E-state index contributed by atoms with van der Waals surface area (Å²) in [4.78, 5) is 14.5. The number of likely N-dealkylation sites (tertiary alicyclic amines) is 1. The molecule has 0 saturated carbocycles. The summed E-state index contributed by atoms with van der Waals surface area (Å²) >= 11 is 12.2. The van der Waals surface area contributed by atoms with Crippen molar-refractivity contribution in [3.8, 4) is 16.9 Å². The maximum absolute atomic E-state index is 12.3. The van der Waals surface area contributed by atoms with Gasteiger partial charge in [-0.25, -0.2) is 4.79 Å². The molecule has 0 aliphatic carbocycles. The minimum absolute atomic E-state index is 0.279. The van der Waals surface area contributed by atoms with Crippen LogP contribution in [0.15, 0.2) is 36.4 Å². The van der Waals surface area contributed by atoms with E-state index in [-0.39, 0.29) is 6.04 Å². The normalized spacial score (nSPS) is 17.0. The average molecular weight is 409 g/mol. The molecular weight excluding hydrogens is 387 g/mol. The van der Waals surface area contributed by atoms with Crippen molar-refractivity contribution in [3.05, 3.63) is 46.4 Å². The number of nitrogens with one attached hydrogen (secondary N) is 1. The molecule has 1 aliphatic heterocycles. The van der Waals surface area contributed by atoms with Gasteiger partial charge in [0.15, 0.2) is 0 Å². The minimum atomic E-state index is -0.484. The lowest BCUT2D eigenvalue weighted by atomic mass is 10.0. The lowest BCUT2D eigenvalue weighted by Crippen LogP contribution is -2.31. The van der Waals surface area contributed by atoms with Crippen LogP contribution in [0.25, 0.3) is 11.1 Å². The number of benzene rings is 2. The lowest BCUT2D eigenvalue weighted by molar-refractivity contribution is 0.127. The Hall–Kier alpha value is -1.95. The van der Waals surface area contributed by atoms with E-state index >= 15 is 0 Å². The molecule has 27 heavy (non-hydrogen) atoms. The van der Waals surface area contributed by atoms with Crippen molar-refractivity contribution in [3.63, 3.8) is 0 Å². The van der Waals surface area contributed by atoms with Crippen LogP contribution in [-0.4, -0.2) is 44.3 Å². The third-order valence-electron chi connectivity index (χ3n) is 4.77. The maximum Gasteiger partial charge on any atom is 0.411 e. The van der Waals surface area contributed by atoms with Crippen molar-refractivity contribution in [1.82, 2.24) is 4.90 Å². The van der Waals surface area contributed by atoms with Gasteiger partial charge in [-0.1, -0.05) is 29.3 Å². The molecule has 0 spiro atoms. The summed E-state index contributed by atoms with van der Waals surface area (Å²) in [5.41, 5.74) is 2.19. The van der Waals surface area contributed by atoms with Crippen LogP contribution in [0.2, 0.25) is 10.0 Å². The first-order valence-electron chi connectivity index (χ1n) is 8.75. The van der Waals surface area contributed by atoms with E-state index in [0.717, 1.165) is 30.5 Å². The van der Waals surface area contributed by atoms with Crippen LogP contribution in [0.3, 0.4) is 0 Å². The number of rotatable bonds is 5. The first kappa shape index (κ1) is 19.8. The Morgan fingerprint density at radius 2 is 2.04 bits per heavy atom. The van der Waals surface area contributed by atoms with Gasteiger partial charge in [0.05, 0.1) is 22.8 Å². The maximum atomic E-state index is 12.3. The number of methoxy groups -OCH3 is 1. The number of hydrogen-bond donors (Lipinski definition) is 1. The highest BCUT2D eigenvalue weighted by Crippen LogP contribution is 2.35. The summed E-state index contributed by atoms with van der Waals surface area (Å²) in [7, 11) is 3.64. The smallest absolute Gasteiger partial charge is 0.411 e. The summed E-state index contributed by atoms with van der Waals surface area (Å²) in [6, 6.07) is 11.0. The summed E-state index contributed by atoms with van der Waals surface area (Å²) in [5.74, 6) is 0.669. The predicted octanol–water partition coefficient (Wildman–Crippen LogP) is 5.31. The second kappa shape index (κ2) is 8.83. The van der Waals surface area contributed by atoms with E-state index in [4.69, 9.17) is 32.7 Å². The highest BCUT2D eigenvalue weighted by Gasteiger charge is 2.22. The SMILES string of the molecule is COc1ccc(NC(=O)OC[C@@H]2CCCN2C)c(-c2ccc(Cl)c(Cl)c2)c1. The molecule has 144 valence electrons. The van der Waals surface area contributed by atoms with Crippen molar-refractivity contribution in [2.24, 2.45) is 0 Å². The lowest BCUT2D eigenvalue weighted by Gasteiger charge is -2.19. The molecule has 0 bridgehead atoms. The quantitative estimate of drug-likeness (QED) is 0.727. The van der Waals surface area contributed by atoms with Gasteiger partial charge in [0.1, 0.15) is 12.4 Å². The Bertz CT molecular complexity index is 829. The van der Waals surface area contributed by atoms with E-state index in [1.54, 1.807) is 31.4 Å². The van der Waals surface area contributed by atoms with Crippen LogP contribution in [0.4, 0.5) is 10.5 Å². The molecule has 1 fully saturated rings. The largest absolute Gasteiger partial charge is 0.497 e. The first-order chi connectivity index (χ1) is 13.0. The Kier molecular flexibility index (Phi) is 6.47. The molecular formula is C20H22Cl2N2O3. The van der Waals surface area contributed by atoms with Gasteiger partial charge in [-0.05, 0) is 62.3 Å². The molecule has 1 atom stereocenters. The Morgan fingerprint density at radius 1 is 1.22 bits per heavy atom. The summed E-state index contributed by atoms with van der Waals surface area (Å²) < 4.78 is 10.7. The fraction of sp³-hybridized carbons (Fsp3) is 0.350. The molecule has 2 aromatic rings. The van der Waals surface area contributed by atoms with Crippen LogP contribution in [0, 0.1) is 0 Å². The number of amides is 1. The van der Waals surface area contributed by atoms with E-state index in [0.29, 0.717) is 28.1 Å². The van der Waals surface area contributed by atoms with Gasteiger partial charge in [-0.2, -0.15) is 0 Å². The molecule has 1 saturated heterocycles. The molecule has 5 nitrogen and oxygen atoms in total. The highest BCUT2D eigenvalue weighted by atomic mass is 35.5. The molecule has 0 radical (unpaired) electrons. The van der Waals surface area contributed by atoms with E-state index in [1.165, 1.54) is 0 Å². The van der Waals surface area contributed by atoms with Gasteiger partial charge in [0.2, 0.25) is 0 Å². The number of ether oxygens (including phenoxy) is 2. The van der Waals surface area contributed by atoms with Gasteiger partial charge < -0.3 is 14.4 Å². The van der Waals surface area contributed by atoms with E-state index in [1.807, 2.05) is 19.2 Å². The zero-order valence-electron chi connectivity index (χ0n) is 15.3. The second-order valence-corrected chi connectivity index (χ2v) is 7.35. The van der Waals surface area contributed by atoms with Crippen LogP contribution < -0.4 is 10.1 Å². The van der Waals surface area contributed by atoms with Gasteiger partial charge in [0, 0.05) is 11.6 Å². The first-order valence-corrected chi connectivity index (χ1v) is 9.51. The van der Waals surface area contributed by atoms with Gasteiger partial charge in [0.25, 0.3) is 0 Å². The van der Waals surface area contributed by atoms with Crippen molar-refractivity contribution in [2.45, 2.75) is 18.9 Å². The fourth-order valence-corrected chi connectivity index (χ4v) is 3.47. The van der Waals surface area contributed by atoms with Crippen LogP contribution in [0.1, 0.15) is 12.8 Å². The summed E-state index contributed by atoms with van der Waals surface area (Å²) in [6.45, 7) is 1.41. The number of likely N-dealkylation sites (N-methyl/N-ethyl adjacent to an activating group) is 1. The summed E-state index contributed by atoms with van der Waals surface area (Å²) in [5, 5.41) is 3.73. The van der Waals surface area contributed by atoms with Crippen molar-refractivity contribution in [2.75, 3.05) is 32.6 Å². The number of carbonyl (C=O) groups is 1. The van der Waals surface area contributed by atoms with E-state index < -0.39 is 6.09 Å². The molecule has 7 heteroatoms. The topological polar surface area (TPSA) is 50.8 Å². The van der Waals surface area contributed by atoms with Crippen LogP contribution >= 0.6 is 23.2 Å². The standard InChI is InChI=1S/C20H22Cl2N2O3/c1-24-9-3-4-14(24)12-27-20(25)23-19-8-6-15(26-2)11-16(19)13-5-7-17(21)18(22)10-13/h5-8,10-11,14H,3-4,9,12H2,1-2H3,(H,23,25)/t14-/m0/s1. The van der Waals surface area contributed by atoms with Crippen molar-refractivity contribution >= 4 is 35.0 Å². The van der Waals surface area contributed by atoms with Gasteiger partial charge in [-0.3, -0.25) is 5.32 Å². The van der Waals surface area contributed by atoms with Crippen LogP contribution in [0.5, 0.6) is 5.75 Å². The average Bonchev–Trinajstić information content (AvgIpc) is 3.07. The number of carbonyl (C=O) groups excluding carboxylic acids is 1. The number of halogens is 2. The predicted molar refractivity (Wildman–Crippen MR) is 109 cm³/mol. The van der Waals surface area contributed by atoms with Gasteiger partial charge >= 0.3 is 6.09 Å². The molecule has 0 aromatic heterocycles. The molecule has 1 amide bonds. The Labute approximate surface area is 169 Å². The number of anilines is 1. The monoisotopic (exact) mass is 408 g/mol. The Morgan fingerprint density at radius 3 is 2.70 bits per heavy atom. The highest BCUT2D eigenvalue weighted by molar-refractivity contribution is 6.42. The summed E-state index contributed by atoms with van der Waals surface area (Å²) in [6.07, 6.45) is 1.69.